The van der Waals surface area contributed by atoms with Gasteiger partial charge in [-0.1, -0.05) is 0 Å². The topological polar surface area (TPSA) is 67.9 Å². The van der Waals surface area contributed by atoms with Crippen molar-refractivity contribution in [2.45, 2.75) is 45.2 Å². The Bertz CT molecular complexity index is 420. The normalized spacial score (nSPS) is 26.8. The van der Waals surface area contributed by atoms with E-state index in [1.165, 1.54) is 11.2 Å². The predicted molar refractivity (Wildman–Crippen MR) is 70.0 cm³/mol. The van der Waals surface area contributed by atoms with Crippen molar-refractivity contribution < 1.29 is 31.1 Å². The van der Waals surface area contributed by atoms with Gasteiger partial charge in [0.05, 0.1) is 18.8 Å². The van der Waals surface area contributed by atoms with E-state index < -0.39 is 29.0 Å². The Morgan fingerprint density at radius 1 is 1.33 bits per heavy atom. The fourth-order valence-corrected chi connectivity index (χ4v) is 3.58. The molecule has 0 bridgehead atoms. The van der Waals surface area contributed by atoms with E-state index in [0.717, 1.165) is 0 Å². The number of rotatable bonds is 6. The molecule has 3 atom stereocenters. The second kappa shape index (κ2) is 7.23. The molecule has 1 heterocycles. The highest BCUT2D eigenvalue weighted by molar-refractivity contribution is 7.87. The van der Waals surface area contributed by atoms with E-state index in [4.69, 9.17) is 4.74 Å². The molecule has 6 nitrogen and oxygen atoms in total. The number of ether oxygens (including phenoxy) is 2. The zero-order valence-electron chi connectivity index (χ0n) is 12.2. The maximum absolute atomic E-state index is 12.1. The van der Waals surface area contributed by atoms with Crippen LogP contribution in [0.5, 0.6) is 0 Å². The summed E-state index contributed by atoms with van der Waals surface area (Å²) in [5.74, 6) is 0. The van der Waals surface area contributed by atoms with Crippen LogP contribution in [-0.4, -0.2) is 63.5 Å². The minimum absolute atomic E-state index is 0.204. The summed E-state index contributed by atoms with van der Waals surface area (Å²) in [6.45, 7) is 3.62. The molecule has 1 rings (SSSR count). The zero-order valence-corrected chi connectivity index (χ0v) is 13.0. The van der Waals surface area contributed by atoms with Crippen molar-refractivity contribution >= 4 is 10.2 Å². The zero-order chi connectivity index (χ0) is 16.3. The Morgan fingerprint density at radius 3 is 2.33 bits per heavy atom. The molecule has 0 radical (unpaired) electrons. The first-order valence-corrected chi connectivity index (χ1v) is 8.01. The lowest BCUT2D eigenvalue weighted by Crippen LogP contribution is -2.53. The van der Waals surface area contributed by atoms with Gasteiger partial charge < -0.3 is 9.47 Å². The SMILES string of the molecule is CC(COCC(F)(F)F)NS(=O)(=O)N1CC(C)OC(C)C1. The van der Waals surface area contributed by atoms with E-state index in [0.29, 0.717) is 0 Å². The van der Waals surface area contributed by atoms with Crippen molar-refractivity contribution in [2.75, 3.05) is 26.3 Å². The Morgan fingerprint density at radius 2 is 1.86 bits per heavy atom. The van der Waals surface area contributed by atoms with Gasteiger partial charge in [-0.3, -0.25) is 0 Å². The van der Waals surface area contributed by atoms with Crippen LogP contribution in [0, 0.1) is 0 Å². The van der Waals surface area contributed by atoms with Gasteiger partial charge in [0.2, 0.25) is 0 Å². The highest BCUT2D eigenvalue weighted by atomic mass is 32.2. The van der Waals surface area contributed by atoms with Crippen LogP contribution in [0.2, 0.25) is 0 Å². The molecule has 10 heteroatoms. The fourth-order valence-electron chi connectivity index (χ4n) is 2.04. The quantitative estimate of drug-likeness (QED) is 0.784. The number of hydrogen-bond acceptors (Lipinski definition) is 4. The molecule has 0 saturated carbocycles. The third-order valence-corrected chi connectivity index (χ3v) is 4.39. The summed E-state index contributed by atoms with van der Waals surface area (Å²) in [7, 11) is -3.77. The van der Waals surface area contributed by atoms with Crippen LogP contribution in [0.3, 0.4) is 0 Å². The van der Waals surface area contributed by atoms with Gasteiger partial charge >= 0.3 is 6.18 Å². The lowest BCUT2D eigenvalue weighted by Gasteiger charge is -2.35. The number of morpholine rings is 1. The lowest BCUT2D eigenvalue weighted by atomic mass is 10.3. The first-order valence-electron chi connectivity index (χ1n) is 6.57. The van der Waals surface area contributed by atoms with Crippen molar-refractivity contribution in [1.29, 1.82) is 0 Å². The third-order valence-electron chi connectivity index (χ3n) is 2.71. The Kier molecular flexibility index (Phi) is 6.41. The van der Waals surface area contributed by atoms with Gasteiger partial charge in [0.15, 0.2) is 0 Å². The highest BCUT2D eigenvalue weighted by Gasteiger charge is 2.32. The molecule has 21 heavy (non-hydrogen) atoms. The van der Waals surface area contributed by atoms with Crippen LogP contribution >= 0.6 is 0 Å². The molecule has 1 fully saturated rings. The molecule has 0 aromatic rings. The molecule has 3 unspecified atom stereocenters. The summed E-state index contributed by atoms with van der Waals surface area (Å²) in [4.78, 5) is 0. The van der Waals surface area contributed by atoms with Gasteiger partial charge in [0, 0.05) is 19.1 Å². The molecular formula is C11H21F3N2O4S. The first kappa shape index (κ1) is 18.6. The number of nitrogens with one attached hydrogen (secondary N) is 1. The second-order valence-electron chi connectivity index (χ2n) is 5.23. The Balaban J connectivity index is 2.47. The van der Waals surface area contributed by atoms with Crippen molar-refractivity contribution in [3.8, 4) is 0 Å². The van der Waals surface area contributed by atoms with Crippen LogP contribution in [0.4, 0.5) is 13.2 Å². The standard InChI is InChI=1S/C11H21F3N2O4S/c1-8(6-19-7-11(12,13)14)15-21(17,18)16-4-9(2)20-10(3)5-16/h8-10,15H,4-7H2,1-3H3. The molecule has 126 valence electrons. The van der Waals surface area contributed by atoms with Gasteiger partial charge in [0.25, 0.3) is 10.2 Å². The van der Waals surface area contributed by atoms with E-state index >= 15 is 0 Å². The number of nitrogens with zero attached hydrogens (tertiary/aromatic N) is 1. The van der Waals surface area contributed by atoms with Crippen LogP contribution < -0.4 is 4.72 Å². The van der Waals surface area contributed by atoms with Crippen molar-refractivity contribution in [2.24, 2.45) is 0 Å². The van der Waals surface area contributed by atoms with Gasteiger partial charge in [-0.05, 0) is 20.8 Å². The van der Waals surface area contributed by atoms with Crippen LogP contribution in [-0.2, 0) is 19.7 Å². The summed E-state index contributed by atoms with van der Waals surface area (Å²) in [5.41, 5.74) is 0. The molecule has 0 aromatic heterocycles. The molecule has 0 aliphatic carbocycles. The largest absolute Gasteiger partial charge is 0.411 e. The van der Waals surface area contributed by atoms with E-state index in [1.807, 2.05) is 0 Å². The van der Waals surface area contributed by atoms with Gasteiger partial charge in [-0.15, -0.1) is 0 Å². The van der Waals surface area contributed by atoms with Crippen LogP contribution in [0.15, 0.2) is 0 Å². The number of hydrogen-bond donors (Lipinski definition) is 1. The van der Waals surface area contributed by atoms with Crippen molar-refractivity contribution in [1.82, 2.24) is 9.03 Å². The minimum atomic E-state index is -4.42. The number of alkyl halides is 3. The molecule has 0 amide bonds. The molecule has 0 spiro atoms. The molecule has 1 aliphatic rings. The second-order valence-corrected chi connectivity index (χ2v) is 6.93. The Hall–Kier alpha value is -0.420. The maximum atomic E-state index is 12.1. The smallest absolute Gasteiger partial charge is 0.373 e. The summed E-state index contributed by atoms with van der Waals surface area (Å²) < 4.78 is 73.5. The lowest BCUT2D eigenvalue weighted by molar-refractivity contribution is -0.174. The number of halogens is 3. The van der Waals surface area contributed by atoms with E-state index in [1.54, 1.807) is 13.8 Å². The van der Waals surface area contributed by atoms with Gasteiger partial charge in [0.1, 0.15) is 6.61 Å². The van der Waals surface area contributed by atoms with Crippen molar-refractivity contribution in [3.63, 3.8) is 0 Å². The molecule has 1 N–H and O–H groups in total. The summed E-state index contributed by atoms with van der Waals surface area (Å²) in [5, 5.41) is 0. The van der Waals surface area contributed by atoms with E-state index in [-0.39, 0.29) is 31.9 Å². The van der Waals surface area contributed by atoms with E-state index in [9.17, 15) is 21.6 Å². The monoisotopic (exact) mass is 334 g/mol. The van der Waals surface area contributed by atoms with Crippen molar-refractivity contribution in [3.05, 3.63) is 0 Å². The average Bonchev–Trinajstić information content (AvgIpc) is 2.24. The predicted octanol–water partition coefficient (Wildman–Crippen LogP) is 0.897. The van der Waals surface area contributed by atoms with Gasteiger partial charge in [-0.2, -0.15) is 30.6 Å². The molecule has 1 saturated heterocycles. The van der Waals surface area contributed by atoms with Crippen LogP contribution in [0.25, 0.3) is 0 Å². The molecule has 1 aliphatic heterocycles. The molecular weight excluding hydrogens is 313 g/mol. The maximum Gasteiger partial charge on any atom is 0.411 e. The minimum Gasteiger partial charge on any atom is -0.373 e. The summed E-state index contributed by atoms with van der Waals surface area (Å²) >= 11 is 0. The molecule has 0 aromatic carbocycles. The average molecular weight is 334 g/mol. The van der Waals surface area contributed by atoms with E-state index in [2.05, 4.69) is 9.46 Å². The highest BCUT2D eigenvalue weighted by Crippen LogP contribution is 2.15. The third kappa shape index (κ3) is 6.92. The Labute approximate surface area is 122 Å². The summed E-state index contributed by atoms with van der Waals surface area (Å²) in [6, 6.07) is -0.759. The van der Waals surface area contributed by atoms with Gasteiger partial charge in [-0.25, -0.2) is 0 Å². The van der Waals surface area contributed by atoms with Crippen LogP contribution in [0.1, 0.15) is 20.8 Å². The first-order chi connectivity index (χ1) is 9.49. The summed E-state index contributed by atoms with van der Waals surface area (Å²) in [6.07, 6.45) is -4.89. The fraction of sp³-hybridized carbons (Fsp3) is 1.00.